The number of nitrogens with one attached hydrogen (secondary N) is 1. The second-order valence-corrected chi connectivity index (χ2v) is 7.78. The maximum atomic E-state index is 12.5. The number of nitrogens with two attached hydrogens (primary N) is 1. The molecule has 0 radical (unpaired) electrons. The minimum atomic E-state index is 0. The van der Waals surface area contributed by atoms with Crippen molar-refractivity contribution in [3.05, 3.63) is 11.1 Å². The SMILES string of the molecule is CC(C)c1csc(NC(=O)C2CC3CCCC(C2)C3N)n1.Cl. The number of rotatable bonds is 3. The largest absolute Gasteiger partial charge is 0.327 e. The molecule has 2 atom stereocenters. The van der Waals surface area contributed by atoms with Crippen molar-refractivity contribution < 1.29 is 4.79 Å². The number of fused-ring (bicyclic) bond motifs is 2. The van der Waals surface area contributed by atoms with Gasteiger partial charge in [0.05, 0.1) is 5.69 Å². The van der Waals surface area contributed by atoms with Crippen LogP contribution in [0.3, 0.4) is 0 Å². The predicted octanol–water partition coefficient (Wildman–Crippen LogP) is 3.78. The van der Waals surface area contributed by atoms with Crippen molar-refractivity contribution in [1.82, 2.24) is 4.98 Å². The predicted molar refractivity (Wildman–Crippen MR) is 93.6 cm³/mol. The summed E-state index contributed by atoms with van der Waals surface area (Å²) in [6.45, 7) is 4.23. The Balaban J connectivity index is 0.00000176. The van der Waals surface area contributed by atoms with E-state index in [2.05, 4.69) is 24.1 Å². The first-order valence-corrected chi connectivity index (χ1v) is 8.94. The zero-order valence-electron chi connectivity index (χ0n) is 13.2. The molecule has 1 heterocycles. The van der Waals surface area contributed by atoms with Gasteiger partial charge in [-0.1, -0.05) is 20.3 Å². The van der Waals surface area contributed by atoms with E-state index in [1.165, 1.54) is 30.6 Å². The van der Waals surface area contributed by atoms with Crippen molar-refractivity contribution in [2.24, 2.45) is 23.5 Å². The number of halogens is 1. The molecule has 2 aliphatic rings. The van der Waals surface area contributed by atoms with Gasteiger partial charge in [0.15, 0.2) is 5.13 Å². The molecule has 1 amide bonds. The van der Waals surface area contributed by atoms with Gasteiger partial charge in [-0.15, -0.1) is 23.7 Å². The van der Waals surface area contributed by atoms with E-state index < -0.39 is 0 Å². The third-order valence-corrected chi connectivity index (χ3v) is 5.90. The van der Waals surface area contributed by atoms with Crippen LogP contribution in [0.5, 0.6) is 0 Å². The van der Waals surface area contributed by atoms with Crippen LogP contribution in [0.2, 0.25) is 0 Å². The molecule has 22 heavy (non-hydrogen) atoms. The van der Waals surface area contributed by atoms with Crippen LogP contribution in [0.1, 0.15) is 57.6 Å². The van der Waals surface area contributed by atoms with Crippen molar-refractivity contribution in [3.8, 4) is 0 Å². The summed E-state index contributed by atoms with van der Waals surface area (Å²) in [6, 6.07) is 0.315. The van der Waals surface area contributed by atoms with Crippen molar-refractivity contribution in [2.75, 3.05) is 5.32 Å². The number of anilines is 1. The quantitative estimate of drug-likeness (QED) is 0.877. The van der Waals surface area contributed by atoms with E-state index >= 15 is 0 Å². The number of carbonyl (C=O) groups is 1. The summed E-state index contributed by atoms with van der Waals surface area (Å²) in [7, 11) is 0. The number of hydrogen-bond donors (Lipinski definition) is 2. The number of nitrogens with zero attached hydrogens (tertiary/aromatic N) is 1. The number of carbonyl (C=O) groups excluding carboxylic acids is 1. The van der Waals surface area contributed by atoms with Gasteiger partial charge in [0.1, 0.15) is 0 Å². The summed E-state index contributed by atoms with van der Waals surface area (Å²) in [6.07, 6.45) is 5.56. The third kappa shape index (κ3) is 3.63. The fourth-order valence-corrected chi connectivity index (χ4v) is 4.69. The summed E-state index contributed by atoms with van der Waals surface area (Å²) < 4.78 is 0. The first kappa shape index (κ1) is 17.7. The first-order valence-electron chi connectivity index (χ1n) is 8.06. The second-order valence-electron chi connectivity index (χ2n) is 6.92. The average Bonchev–Trinajstić information content (AvgIpc) is 2.87. The molecule has 0 spiro atoms. The maximum Gasteiger partial charge on any atom is 0.229 e. The van der Waals surface area contributed by atoms with E-state index in [4.69, 9.17) is 5.73 Å². The van der Waals surface area contributed by atoms with Gasteiger partial charge in [-0.25, -0.2) is 4.98 Å². The molecule has 6 heteroatoms. The van der Waals surface area contributed by atoms with Crippen molar-refractivity contribution in [2.45, 2.75) is 57.9 Å². The molecule has 2 aliphatic carbocycles. The van der Waals surface area contributed by atoms with Gasteiger partial charge in [0.25, 0.3) is 0 Å². The molecule has 0 aromatic carbocycles. The molecule has 0 aliphatic heterocycles. The van der Waals surface area contributed by atoms with Crippen LogP contribution in [0.15, 0.2) is 5.38 Å². The normalized spacial score (nSPS) is 30.7. The molecular weight excluding hydrogens is 318 g/mol. The second kappa shape index (κ2) is 7.28. The van der Waals surface area contributed by atoms with E-state index in [0.29, 0.717) is 23.8 Å². The van der Waals surface area contributed by atoms with E-state index in [-0.39, 0.29) is 24.2 Å². The summed E-state index contributed by atoms with van der Waals surface area (Å²) in [5.74, 6) is 1.74. The molecule has 3 N–H and O–H groups in total. The number of amides is 1. The Hall–Kier alpha value is -0.650. The van der Waals surface area contributed by atoms with Gasteiger partial charge in [-0.3, -0.25) is 4.79 Å². The van der Waals surface area contributed by atoms with Gasteiger partial charge in [-0.05, 0) is 43.4 Å². The fourth-order valence-electron chi connectivity index (χ4n) is 3.82. The fraction of sp³-hybridized carbons (Fsp3) is 0.750. The van der Waals surface area contributed by atoms with E-state index in [1.807, 2.05) is 5.38 Å². The molecule has 3 rings (SSSR count). The first-order chi connectivity index (χ1) is 10.0. The lowest BCUT2D eigenvalue weighted by molar-refractivity contribution is -0.122. The summed E-state index contributed by atoms with van der Waals surface area (Å²) in [4.78, 5) is 17.0. The lowest BCUT2D eigenvalue weighted by Crippen LogP contribution is -2.48. The molecule has 124 valence electrons. The lowest BCUT2D eigenvalue weighted by atomic mass is 9.65. The van der Waals surface area contributed by atoms with Crippen molar-refractivity contribution in [3.63, 3.8) is 0 Å². The Morgan fingerprint density at radius 2 is 2.00 bits per heavy atom. The topological polar surface area (TPSA) is 68.0 Å². The Kier molecular flexibility index (Phi) is 5.86. The monoisotopic (exact) mass is 343 g/mol. The summed E-state index contributed by atoms with van der Waals surface area (Å²) in [5, 5.41) is 5.79. The molecular formula is C16H26ClN3OS. The number of hydrogen-bond acceptors (Lipinski definition) is 4. The highest BCUT2D eigenvalue weighted by Crippen LogP contribution is 2.42. The third-order valence-electron chi connectivity index (χ3n) is 5.13. The number of thiazole rings is 1. The molecule has 2 saturated carbocycles. The Labute approximate surface area is 142 Å². The van der Waals surface area contributed by atoms with Crippen molar-refractivity contribution >= 4 is 34.8 Å². The van der Waals surface area contributed by atoms with E-state index in [1.54, 1.807) is 0 Å². The maximum absolute atomic E-state index is 12.5. The van der Waals surface area contributed by atoms with Crippen LogP contribution in [-0.4, -0.2) is 16.9 Å². The Morgan fingerprint density at radius 3 is 2.55 bits per heavy atom. The standard InChI is InChI=1S/C16H25N3OS.ClH/c1-9(2)13-8-21-16(18-13)19-15(20)12-6-10-4-3-5-11(7-12)14(10)17;/h8-12,14H,3-7,17H2,1-2H3,(H,18,19,20);1H. The molecule has 0 saturated heterocycles. The smallest absolute Gasteiger partial charge is 0.229 e. The molecule has 2 fully saturated rings. The van der Waals surface area contributed by atoms with Crippen LogP contribution < -0.4 is 11.1 Å². The Morgan fingerprint density at radius 1 is 1.36 bits per heavy atom. The van der Waals surface area contributed by atoms with Crippen LogP contribution in [0, 0.1) is 17.8 Å². The van der Waals surface area contributed by atoms with E-state index in [0.717, 1.165) is 23.7 Å². The van der Waals surface area contributed by atoms with E-state index in [9.17, 15) is 4.79 Å². The highest BCUT2D eigenvalue weighted by molar-refractivity contribution is 7.13. The summed E-state index contributed by atoms with van der Waals surface area (Å²) >= 11 is 1.52. The molecule has 1 aromatic heterocycles. The highest BCUT2D eigenvalue weighted by atomic mass is 35.5. The molecule has 2 unspecified atom stereocenters. The molecule has 4 nitrogen and oxygen atoms in total. The van der Waals surface area contributed by atoms with Gasteiger partial charge in [-0.2, -0.15) is 0 Å². The van der Waals surface area contributed by atoms with Gasteiger partial charge in [0.2, 0.25) is 5.91 Å². The highest BCUT2D eigenvalue weighted by Gasteiger charge is 2.40. The van der Waals surface area contributed by atoms with Crippen LogP contribution in [0.4, 0.5) is 5.13 Å². The van der Waals surface area contributed by atoms with Crippen LogP contribution in [0.25, 0.3) is 0 Å². The molecule has 2 bridgehead atoms. The van der Waals surface area contributed by atoms with Gasteiger partial charge in [0, 0.05) is 17.3 Å². The minimum Gasteiger partial charge on any atom is -0.327 e. The van der Waals surface area contributed by atoms with Crippen LogP contribution in [-0.2, 0) is 4.79 Å². The minimum absolute atomic E-state index is 0. The zero-order valence-corrected chi connectivity index (χ0v) is 14.9. The average molecular weight is 344 g/mol. The van der Waals surface area contributed by atoms with Gasteiger partial charge < -0.3 is 11.1 Å². The van der Waals surface area contributed by atoms with Crippen molar-refractivity contribution in [1.29, 1.82) is 0 Å². The van der Waals surface area contributed by atoms with Gasteiger partial charge >= 0.3 is 0 Å². The molecule has 1 aromatic rings. The number of aromatic nitrogens is 1. The Bertz CT molecular complexity index is 505. The zero-order chi connectivity index (χ0) is 15.0. The van der Waals surface area contributed by atoms with Crippen LogP contribution >= 0.6 is 23.7 Å². The summed E-state index contributed by atoms with van der Waals surface area (Å²) in [5.41, 5.74) is 7.35. The lowest BCUT2D eigenvalue weighted by Gasteiger charge is -2.43.